The van der Waals surface area contributed by atoms with Crippen molar-refractivity contribution >= 4 is 56.2 Å². The maximum atomic E-state index is 3.80. The van der Waals surface area contributed by atoms with E-state index < -0.39 is 0 Å². The van der Waals surface area contributed by atoms with Gasteiger partial charge in [-0.2, -0.15) is 0 Å². The smallest absolute Gasteiger partial charge is 0.0553 e. The molecule has 0 radical (unpaired) electrons. The monoisotopic (exact) mass is 552 g/mol. The predicted molar refractivity (Wildman–Crippen MR) is 140 cm³/mol. The van der Waals surface area contributed by atoms with Crippen LogP contribution in [0.25, 0.3) is 24.3 Å². The molecule has 8 bridgehead atoms. The maximum Gasteiger partial charge on any atom is 0.0553 e. The maximum absolute atomic E-state index is 3.80. The van der Waals surface area contributed by atoms with E-state index in [1.165, 1.54) is 33.4 Å². The molecule has 0 amide bonds. The minimum absolute atomic E-state index is 1.05. The van der Waals surface area contributed by atoms with Crippen molar-refractivity contribution in [2.45, 2.75) is 41.5 Å². The average Bonchev–Trinajstić information content (AvgIpc) is 3.37. The van der Waals surface area contributed by atoms with Crippen LogP contribution in [0.3, 0.4) is 0 Å². The molecule has 4 nitrogen and oxygen atoms in total. The number of aromatic nitrogens is 4. The van der Waals surface area contributed by atoms with E-state index in [1.807, 2.05) is 0 Å². The number of fused-ring (bicyclic) bond motifs is 8. The zero-order chi connectivity index (χ0) is 22.9. The van der Waals surface area contributed by atoms with Gasteiger partial charge in [-0.25, -0.2) is 0 Å². The Labute approximate surface area is 203 Å². The zero-order valence-electron chi connectivity index (χ0n) is 19.1. The minimum atomic E-state index is 1.05. The van der Waals surface area contributed by atoms with E-state index in [2.05, 4.69) is 118 Å². The van der Waals surface area contributed by atoms with E-state index >= 15 is 0 Å². The molecule has 32 heavy (non-hydrogen) atoms. The van der Waals surface area contributed by atoms with E-state index in [1.54, 1.807) is 0 Å². The fourth-order valence-corrected chi connectivity index (χ4v) is 5.20. The van der Waals surface area contributed by atoms with Gasteiger partial charge in [0.15, 0.2) is 0 Å². The normalized spacial score (nSPS) is 12.8. The highest BCUT2D eigenvalue weighted by atomic mass is 79.9. The van der Waals surface area contributed by atoms with Crippen molar-refractivity contribution in [2.75, 3.05) is 0 Å². The Hall–Kier alpha value is -2.44. The van der Waals surface area contributed by atoms with Crippen molar-refractivity contribution in [3.05, 3.63) is 86.5 Å². The van der Waals surface area contributed by atoms with Gasteiger partial charge in [0.2, 0.25) is 0 Å². The third-order valence-corrected chi connectivity index (χ3v) is 8.96. The highest BCUT2D eigenvalue weighted by Crippen LogP contribution is 2.26. The molecule has 0 fully saturated rings. The summed E-state index contributed by atoms with van der Waals surface area (Å²) in [7, 11) is 0. The summed E-state index contributed by atoms with van der Waals surface area (Å²) >= 11 is 7.60. The van der Waals surface area contributed by atoms with Crippen molar-refractivity contribution in [3.8, 4) is 0 Å². The molecule has 0 unspecified atom stereocenters. The Kier molecular flexibility index (Phi) is 5.06. The number of hydrogen-bond acceptors (Lipinski definition) is 0. The van der Waals surface area contributed by atoms with E-state index in [4.69, 9.17) is 0 Å². The molecule has 164 valence electrons. The Morgan fingerprint density at radius 3 is 1.41 bits per heavy atom. The first-order chi connectivity index (χ1) is 15.2. The van der Waals surface area contributed by atoms with Gasteiger partial charge in [-0.1, -0.05) is 0 Å². The lowest BCUT2D eigenvalue weighted by atomic mass is 10.1. The van der Waals surface area contributed by atoms with Crippen LogP contribution in [0.4, 0.5) is 0 Å². The predicted octanol–water partition coefficient (Wildman–Crippen LogP) is 4.00. The lowest BCUT2D eigenvalue weighted by Gasteiger charge is -1.93. The molecule has 4 aromatic heterocycles. The quantitative estimate of drug-likeness (QED) is 0.224. The number of aromatic amines is 4. The molecular weight excluding hydrogens is 528 g/mol. The van der Waals surface area contributed by atoms with Gasteiger partial charge in [-0.3, -0.25) is 0 Å². The highest BCUT2D eigenvalue weighted by Gasteiger charge is 2.13. The first-order valence-corrected chi connectivity index (χ1v) is 12.3. The highest BCUT2D eigenvalue weighted by molar-refractivity contribution is 9.10. The molecule has 0 saturated carbocycles. The topological polar surface area (TPSA) is 63.2 Å². The molecule has 1 aliphatic heterocycles. The van der Waals surface area contributed by atoms with Gasteiger partial charge in [0, 0.05) is 42.1 Å². The van der Waals surface area contributed by atoms with Gasteiger partial charge in [0.1, 0.15) is 0 Å². The molecule has 0 atom stereocenters. The zero-order valence-corrected chi connectivity index (χ0v) is 22.2. The SMILES string of the molecule is Cc1c2[nH]c(c1C)C=c1[nH]c(c(Br)c1C)=Cc1[nH]c(c(Br)c1C)C=c1[nH]c(c(C)c1C)=C2. The summed E-state index contributed by atoms with van der Waals surface area (Å²) < 4.78 is 2.16. The molecule has 5 heterocycles. The molecule has 5 rings (SSSR count). The number of halogens is 2. The molecule has 0 aliphatic carbocycles. The Bertz CT molecular complexity index is 1410. The summed E-state index contributed by atoms with van der Waals surface area (Å²) in [5.74, 6) is 0. The van der Waals surface area contributed by atoms with Gasteiger partial charge in [-0.15, -0.1) is 0 Å². The fraction of sp³-hybridized carbons (Fsp3) is 0.231. The van der Waals surface area contributed by atoms with Gasteiger partial charge in [-0.05, 0) is 131 Å². The van der Waals surface area contributed by atoms with Crippen molar-refractivity contribution in [1.29, 1.82) is 0 Å². The van der Waals surface area contributed by atoms with Crippen LogP contribution in [0.2, 0.25) is 0 Å². The van der Waals surface area contributed by atoms with Crippen LogP contribution in [0.15, 0.2) is 8.95 Å². The summed E-state index contributed by atoms with van der Waals surface area (Å²) in [5.41, 5.74) is 11.8. The van der Waals surface area contributed by atoms with Crippen molar-refractivity contribution in [2.24, 2.45) is 0 Å². The van der Waals surface area contributed by atoms with Crippen LogP contribution in [-0.2, 0) is 0 Å². The minimum Gasteiger partial charge on any atom is -0.355 e. The van der Waals surface area contributed by atoms with Crippen LogP contribution in [0.5, 0.6) is 0 Å². The molecule has 0 saturated heterocycles. The number of rotatable bonds is 0. The molecule has 4 N–H and O–H groups in total. The second-order valence-electron chi connectivity index (χ2n) is 8.76. The Morgan fingerprint density at radius 1 is 0.406 bits per heavy atom. The summed E-state index contributed by atoms with van der Waals surface area (Å²) in [6.45, 7) is 13.0. The van der Waals surface area contributed by atoms with E-state index in [0.29, 0.717) is 0 Å². The van der Waals surface area contributed by atoms with E-state index in [9.17, 15) is 0 Å². The largest absolute Gasteiger partial charge is 0.355 e. The number of H-pyrrole nitrogens is 4. The van der Waals surface area contributed by atoms with Crippen LogP contribution in [-0.4, -0.2) is 19.9 Å². The summed E-state index contributed by atoms with van der Waals surface area (Å²) in [5, 5.41) is 4.38. The summed E-state index contributed by atoms with van der Waals surface area (Å²) in [6.07, 6.45) is 8.79. The van der Waals surface area contributed by atoms with Gasteiger partial charge in [0.25, 0.3) is 0 Å². The summed E-state index contributed by atoms with van der Waals surface area (Å²) in [4.78, 5) is 14.5. The van der Waals surface area contributed by atoms with Crippen LogP contribution in [0, 0.1) is 41.5 Å². The van der Waals surface area contributed by atoms with Crippen LogP contribution >= 0.6 is 31.9 Å². The van der Waals surface area contributed by atoms with Gasteiger partial charge < -0.3 is 19.9 Å². The molecule has 1 aliphatic rings. The van der Waals surface area contributed by atoms with Gasteiger partial charge >= 0.3 is 0 Å². The van der Waals surface area contributed by atoms with E-state index in [0.717, 1.165) is 53.1 Å². The van der Waals surface area contributed by atoms with E-state index in [-0.39, 0.29) is 0 Å². The standard InChI is InChI=1S/C26H26Br2N4/c1-11-12(2)19-8-21-15(5)25(27)24(31-21)10-22-16(6)26(28)23(32-22)9-20-14(4)13(3)18(30-20)7-17(11)29-19/h7-10,29-32H,1-6H3. The number of nitrogens with one attached hydrogen (secondary N) is 4. The third kappa shape index (κ3) is 3.23. The van der Waals surface area contributed by atoms with Crippen molar-refractivity contribution < 1.29 is 0 Å². The Morgan fingerprint density at radius 2 is 0.812 bits per heavy atom. The van der Waals surface area contributed by atoms with Crippen LogP contribution < -0.4 is 21.4 Å². The molecular formula is C26H26Br2N4. The lowest BCUT2D eigenvalue weighted by Crippen LogP contribution is -2.12. The lowest BCUT2D eigenvalue weighted by molar-refractivity contribution is 1.21. The van der Waals surface area contributed by atoms with Crippen LogP contribution in [0.1, 0.15) is 56.2 Å². The van der Waals surface area contributed by atoms with Gasteiger partial charge in [0.05, 0.1) is 11.0 Å². The number of hydrogen-bond donors (Lipinski definition) is 4. The second-order valence-corrected chi connectivity index (χ2v) is 10.4. The molecule has 0 aromatic carbocycles. The first-order valence-electron chi connectivity index (χ1n) is 10.7. The Balaban J connectivity index is 1.95. The van der Waals surface area contributed by atoms with Crippen molar-refractivity contribution in [1.82, 2.24) is 19.9 Å². The third-order valence-electron chi connectivity index (χ3n) is 6.91. The average molecular weight is 554 g/mol. The van der Waals surface area contributed by atoms with Crippen molar-refractivity contribution in [3.63, 3.8) is 0 Å². The second kappa shape index (κ2) is 7.56. The molecule has 0 spiro atoms. The first kappa shape index (κ1) is 21.4. The fourth-order valence-electron chi connectivity index (χ4n) is 4.34. The summed E-state index contributed by atoms with van der Waals surface area (Å²) in [6, 6.07) is 0. The molecule has 4 aromatic rings. The molecule has 6 heteroatoms.